The van der Waals surface area contributed by atoms with Gasteiger partial charge >= 0.3 is 0 Å². The number of hydrogen-bond donors (Lipinski definition) is 2. The summed E-state index contributed by atoms with van der Waals surface area (Å²) in [5.41, 5.74) is 5.82. The minimum absolute atomic E-state index is 0.0568. The number of nitrogens with two attached hydrogens (primary N) is 1. The molecule has 0 bridgehead atoms. The summed E-state index contributed by atoms with van der Waals surface area (Å²) in [6, 6.07) is 4.69. The topological polar surface area (TPSA) is 93.9 Å². The zero-order valence-corrected chi connectivity index (χ0v) is 14.1. The van der Waals surface area contributed by atoms with E-state index in [-0.39, 0.29) is 12.5 Å². The average Bonchev–Trinajstić information content (AvgIpc) is 2.49. The Morgan fingerprint density at radius 3 is 2.39 bits per heavy atom. The molecule has 0 fully saturated rings. The van der Waals surface area contributed by atoms with Crippen LogP contribution in [-0.2, 0) is 9.59 Å². The molecule has 0 aliphatic carbocycles. The summed E-state index contributed by atoms with van der Waals surface area (Å²) in [6.07, 6.45) is 0. The van der Waals surface area contributed by atoms with Gasteiger partial charge in [-0.2, -0.15) is 0 Å². The molecule has 7 heteroatoms. The van der Waals surface area contributed by atoms with Crippen LogP contribution >= 0.6 is 0 Å². The summed E-state index contributed by atoms with van der Waals surface area (Å²) in [5, 5.41) is 2.77. The maximum Gasteiger partial charge on any atom is 0.238 e. The van der Waals surface area contributed by atoms with E-state index in [1.165, 1.54) is 0 Å². The summed E-state index contributed by atoms with van der Waals surface area (Å²) >= 11 is 0. The van der Waals surface area contributed by atoms with E-state index < -0.39 is 11.9 Å². The highest BCUT2D eigenvalue weighted by atomic mass is 16.5. The Labute approximate surface area is 136 Å². The summed E-state index contributed by atoms with van der Waals surface area (Å²) in [6.45, 7) is 6.50. The molecule has 0 aliphatic heterocycles. The van der Waals surface area contributed by atoms with Crippen molar-refractivity contribution in [2.75, 3.05) is 32.1 Å². The van der Waals surface area contributed by atoms with Crippen LogP contribution in [0, 0.1) is 0 Å². The number of likely N-dealkylation sites (N-methyl/N-ethyl adjacent to an activating group) is 1. The highest BCUT2D eigenvalue weighted by Crippen LogP contribution is 2.30. The van der Waals surface area contributed by atoms with Gasteiger partial charge in [-0.1, -0.05) is 0 Å². The maximum absolute atomic E-state index is 12.1. The van der Waals surface area contributed by atoms with E-state index in [4.69, 9.17) is 15.2 Å². The van der Waals surface area contributed by atoms with Crippen LogP contribution in [0.25, 0.3) is 0 Å². The number of nitrogens with one attached hydrogen (secondary N) is 1. The van der Waals surface area contributed by atoms with E-state index in [9.17, 15) is 9.59 Å². The van der Waals surface area contributed by atoms with Gasteiger partial charge in [-0.3, -0.25) is 14.5 Å². The lowest BCUT2D eigenvalue weighted by Crippen LogP contribution is -2.43. The monoisotopic (exact) mass is 323 g/mol. The molecule has 0 radical (unpaired) electrons. The molecule has 0 saturated carbocycles. The van der Waals surface area contributed by atoms with Crippen molar-refractivity contribution in [3.8, 4) is 11.5 Å². The van der Waals surface area contributed by atoms with Gasteiger partial charge in [-0.25, -0.2) is 0 Å². The fourth-order valence-electron chi connectivity index (χ4n) is 1.91. The Bertz CT molecular complexity index is 548. The number of ether oxygens (including phenoxy) is 2. The number of carbonyl (C=O) groups excluding carboxylic acids is 2. The van der Waals surface area contributed by atoms with E-state index in [1.54, 1.807) is 37.1 Å². The molecule has 7 nitrogen and oxygen atoms in total. The lowest BCUT2D eigenvalue weighted by Gasteiger charge is -2.21. The van der Waals surface area contributed by atoms with Gasteiger partial charge in [0.15, 0.2) is 11.5 Å². The second-order valence-electron chi connectivity index (χ2n) is 5.07. The fourth-order valence-corrected chi connectivity index (χ4v) is 1.91. The Morgan fingerprint density at radius 2 is 1.83 bits per heavy atom. The van der Waals surface area contributed by atoms with Crippen LogP contribution in [0.1, 0.15) is 20.8 Å². The number of carbonyl (C=O) groups is 2. The second-order valence-corrected chi connectivity index (χ2v) is 5.07. The number of rotatable bonds is 9. The van der Waals surface area contributed by atoms with Gasteiger partial charge in [-0.15, -0.1) is 0 Å². The molecule has 23 heavy (non-hydrogen) atoms. The Kier molecular flexibility index (Phi) is 7.34. The van der Waals surface area contributed by atoms with Gasteiger partial charge in [0, 0.05) is 11.8 Å². The predicted octanol–water partition coefficient (Wildman–Crippen LogP) is 1.23. The third-order valence-electron chi connectivity index (χ3n) is 3.29. The van der Waals surface area contributed by atoms with Gasteiger partial charge in [0.2, 0.25) is 11.8 Å². The van der Waals surface area contributed by atoms with Crippen LogP contribution in [-0.4, -0.2) is 49.6 Å². The molecule has 0 saturated heterocycles. The van der Waals surface area contributed by atoms with Crippen LogP contribution in [0.2, 0.25) is 0 Å². The van der Waals surface area contributed by atoms with Crippen LogP contribution in [0.4, 0.5) is 5.69 Å². The third kappa shape index (κ3) is 5.78. The molecule has 1 aromatic carbocycles. The third-order valence-corrected chi connectivity index (χ3v) is 3.29. The van der Waals surface area contributed by atoms with Crippen molar-refractivity contribution in [2.24, 2.45) is 5.73 Å². The lowest BCUT2D eigenvalue weighted by atomic mass is 10.2. The molecule has 3 N–H and O–H groups in total. The SMILES string of the molecule is CCOc1ccc(NC(=O)CN(C)[C@@H](C)C(N)=O)cc1OCC. The molecule has 0 aliphatic rings. The van der Waals surface area contributed by atoms with Crippen molar-refractivity contribution in [1.29, 1.82) is 0 Å². The summed E-state index contributed by atoms with van der Waals surface area (Å²) in [4.78, 5) is 24.7. The van der Waals surface area contributed by atoms with Crippen LogP contribution in [0.5, 0.6) is 11.5 Å². The fraction of sp³-hybridized carbons (Fsp3) is 0.500. The molecular weight excluding hydrogens is 298 g/mol. The van der Waals surface area contributed by atoms with Crippen molar-refractivity contribution in [3.63, 3.8) is 0 Å². The summed E-state index contributed by atoms with van der Waals surface area (Å²) in [7, 11) is 1.67. The minimum Gasteiger partial charge on any atom is -0.490 e. The van der Waals surface area contributed by atoms with Gasteiger partial charge in [0.25, 0.3) is 0 Å². The number of anilines is 1. The number of primary amides is 1. The number of hydrogen-bond acceptors (Lipinski definition) is 5. The highest BCUT2D eigenvalue weighted by molar-refractivity contribution is 5.93. The smallest absolute Gasteiger partial charge is 0.238 e. The summed E-state index contributed by atoms with van der Waals surface area (Å²) < 4.78 is 11.0. The number of amides is 2. The molecule has 0 aromatic heterocycles. The molecule has 1 aromatic rings. The molecule has 1 rings (SSSR count). The lowest BCUT2D eigenvalue weighted by molar-refractivity contribution is -0.123. The first-order chi connectivity index (χ1) is 10.9. The Balaban J connectivity index is 2.74. The largest absolute Gasteiger partial charge is 0.490 e. The van der Waals surface area contributed by atoms with Crippen molar-refractivity contribution >= 4 is 17.5 Å². The van der Waals surface area contributed by atoms with Crippen molar-refractivity contribution < 1.29 is 19.1 Å². The van der Waals surface area contributed by atoms with Gasteiger partial charge in [0.05, 0.1) is 25.8 Å². The highest BCUT2D eigenvalue weighted by Gasteiger charge is 2.17. The van der Waals surface area contributed by atoms with E-state index in [0.717, 1.165) is 0 Å². The summed E-state index contributed by atoms with van der Waals surface area (Å²) in [5.74, 6) is 0.491. The predicted molar refractivity (Wildman–Crippen MR) is 88.7 cm³/mol. The maximum atomic E-state index is 12.1. The van der Waals surface area contributed by atoms with E-state index in [1.807, 2.05) is 13.8 Å². The molecule has 0 heterocycles. The van der Waals surface area contributed by atoms with Gasteiger partial charge < -0.3 is 20.5 Å². The average molecular weight is 323 g/mol. The Hall–Kier alpha value is -2.28. The zero-order chi connectivity index (χ0) is 17.4. The van der Waals surface area contributed by atoms with Gasteiger partial charge in [0.1, 0.15) is 0 Å². The van der Waals surface area contributed by atoms with Crippen LogP contribution in [0.3, 0.4) is 0 Å². The molecule has 128 valence electrons. The first kappa shape index (κ1) is 18.8. The van der Waals surface area contributed by atoms with Crippen LogP contribution in [0.15, 0.2) is 18.2 Å². The number of benzene rings is 1. The standard InChI is InChI=1S/C16H25N3O4/c1-5-22-13-8-7-12(9-14(13)23-6-2)18-15(20)10-19(4)11(3)16(17)21/h7-9,11H,5-6,10H2,1-4H3,(H2,17,21)(H,18,20)/t11-/m0/s1. The van der Waals surface area contributed by atoms with E-state index in [0.29, 0.717) is 30.4 Å². The first-order valence-electron chi connectivity index (χ1n) is 7.58. The molecular formula is C16H25N3O4. The van der Waals surface area contributed by atoms with Gasteiger partial charge in [-0.05, 0) is 40.0 Å². The van der Waals surface area contributed by atoms with E-state index in [2.05, 4.69) is 5.32 Å². The zero-order valence-electron chi connectivity index (χ0n) is 14.1. The van der Waals surface area contributed by atoms with E-state index >= 15 is 0 Å². The molecule has 1 atom stereocenters. The first-order valence-corrected chi connectivity index (χ1v) is 7.58. The molecule has 2 amide bonds. The minimum atomic E-state index is -0.514. The number of nitrogens with zero attached hydrogens (tertiary/aromatic N) is 1. The second kappa shape index (κ2) is 8.99. The normalized spacial score (nSPS) is 11.9. The molecule has 0 unspecified atom stereocenters. The molecule has 0 spiro atoms. The quantitative estimate of drug-likeness (QED) is 0.713. The van der Waals surface area contributed by atoms with Crippen LogP contribution < -0.4 is 20.5 Å². The van der Waals surface area contributed by atoms with Crippen molar-refractivity contribution in [3.05, 3.63) is 18.2 Å². The van der Waals surface area contributed by atoms with Crippen molar-refractivity contribution in [2.45, 2.75) is 26.8 Å². The van der Waals surface area contributed by atoms with Crippen molar-refractivity contribution in [1.82, 2.24) is 4.90 Å². The Morgan fingerprint density at radius 1 is 1.22 bits per heavy atom.